The van der Waals surface area contributed by atoms with E-state index in [1.165, 1.54) is 12.0 Å². The Morgan fingerprint density at radius 2 is 2.12 bits per heavy atom. The van der Waals surface area contributed by atoms with E-state index in [4.69, 9.17) is 0 Å². The number of rotatable bonds is 5. The van der Waals surface area contributed by atoms with Gasteiger partial charge in [0.05, 0.1) is 0 Å². The van der Waals surface area contributed by atoms with E-state index in [0.717, 1.165) is 38.2 Å². The summed E-state index contributed by atoms with van der Waals surface area (Å²) in [6, 6.07) is 8.02. The van der Waals surface area contributed by atoms with Crippen molar-refractivity contribution in [2.45, 2.75) is 32.1 Å². The van der Waals surface area contributed by atoms with Crippen LogP contribution in [0.5, 0.6) is 0 Å². The molecule has 1 N–H and O–H groups in total. The number of carbonyl (C=O) groups excluding carboxylic acids is 2. The average Bonchev–Trinajstić information content (AvgIpc) is 2.61. The number of likely N-dealkylation sites (tertiary alicyclic amines) is 1. The fourth-order valence-electron chi connectivity index (χ4n) is 3.85. The van der Waals surface area contributed by atoms with Gasteiger partial charge >= 0.3 is 0 Å². The molecule has 3 rings (SSSR count). The lowest BCUT2D eigenvalue weighted by molar-refractivity contribution is -0.132. The number of hydrogen-bond donors (Lipinski definition) is 1. The van der Waals surface area contributed by atoms with Crippen LogP contribution in [0.4, 0.5) is 5.69 Å². The van der Waals surface area contributed by atoms with Crippen LogP contribution in [0.2, 0.25) is 0 Å². The molecule has 0 aliphatic carbocycles. The van der Waals surface area contributed by atoms with E-state index >= 15 is 0 Å². The number of anilines is 1. The number of para-hydroxylation sites is 1. The van der Waals surface area contributed by atoms with E-state index in [1.807, 2.05) is 30.1 Å². The van der Waals surface area contributed by atoms with E-state index in [9.17, 15) is 9.59 Å². The van der Waals surface area contributed by atoms with E-state index in [1.54, 1.807) is 4.90 Å². The van der Waals surface area contributed by atoms with Crippen LogP contribution in [-0.4, -0.2) is 49.9 Å². The molecule has 0 spiro atoms. The topological polar surface area (TPSA) is 52.7 Å². The van der Waals surface area contributed by atoms with Gasteiger partial charge in [-0.3, -0.25) is 9.59 Å². The number of nitrogens with zero attached hydrogens (tertiary/aromatic N) is 2. The molecule has 130 valence electrons. The molecule has 1 saturated heterocycles. The molecule has 5 heteroatoms. The van der Waals surface area contributed by atoms with Gasteiger partial charge in [0.15, 0.2) is 0 Å². The molecule has 0 bridgehead atoms. The van der Waals surface area contributed by atoms with Crippen LogP contribution in [0.3, 0.4) is 0 Å². The lowest BCUT2D eigenvalue weighted by atomic mass is 9.97. The number of carbonyl (C=O) groups is 2. The predicted octanol–water partition coefficient (Wildman–Crippen LogP) is 1.81. The molecule has 1 aromatic carbocycles. The van der Waals surface area contributed by atoms with Crippen LogP contribution in [0.25, 0.3) is 0 Å². The number of nitrogens with one attached hydrogen (secondary N) is 1. The van der Waals surface area contributed by atoms with Gasteiger partial charge in [0.25, 0.3) is 0 Å². The highest BCUT2D eigenvalue weighted by atomic mass is 16.2. The zero-order chi connectivity index (χ0) is 16.9. The van der Waals surface area contributed by atoms with Gasteiger partial charge in [-0.05, 0) is 50.4 Å². The standard InChI is InChI=1S/C19H27N3O2/c1-20-13-15-5-4-11-21(14-15)18(23)10-12-22-17-7-3-2-6-16(17)8-9-19(22)24/h2-3,6-7,15,20H,4-5,8-14H2,1H3. The zero-order valence-corrected chi connectivity index (χ0v) is 14.5. The first-order valence-corrected chi connectivity index (χ1v) is 8.99. The highest BCUT2D eigenvalue weighted by Crippen LogP contribution is 2.27. The van der Waals surface area contributed by atoms with Gasteiger partial charge in [-0.1, -0.05) is 18.2 Å². The Morgan fingerprint density at radius 3 is 2.96 bits per heavy atom. The third kappa shape index (κ3) is 3.78. The van der Waals surface area contributed by atoms with Crippen LogP contribution in [0.1, 0.15) is 31.2 Å². The summed E-state index contributed by atoms with van der Waals surface area (Å²) >= 11 is 0. The Balaban J connectivity index is 1.59. The van der Waals surface area contributed by atoms with Crippen molar-refractivity contribution in [3.63, 3.8) is 0 Å². The Bertz CT molecular complexity index is 600. The second-order valence-electron chi connectivity index (χ2n) is 6.83. The van der Waals surface area contributed by atoms with Crippen molar-refractivity contribution in [1.29, 1.82) is 0 Å². The molecular formula is C19H27N3O2. The van der Waals surface area contributed by atoms with Crippen LogP contribution in [0.15, 0.2) is 24.3 Å². The first kappa shape index (κ1) is 17.0. The third-order valence-electron chi connectivity index (χ3n) is 5.11. The molecule has 2 amide bonds. The minimum absolute atomic E-state index is 0.133. The summed E-state index contributed by atoms with van der Waals surface area (Å²) in [7, 11) is 1.96. The summed E-state index contributed by atoms with van der Waals surface area (Å²) in [6.07, 6.45) is 4.01. The Hall–Kier alpha value is -1.88. The van der Waals surface area contributed by atoms with Crippen LogP contribution in [0, 0.1) is 5.92 Å². The van der Waals surface area contributed by atoms with Gasteiger partial charge in [-0.2, -0.15) is 0 Å². The van der Waals surface area contributed by atoms with Crippen LogP contribution in [-0.2, 0) is 16.0 Å². The average molecular weight is 329 g/mol. The summed E-state index contributed by atoms with van der Waals surface area (Å²) in [5.74, 6) is 0.852. The molecule has 1 unspecified atom stereocenters. The minimum atomic E-state index is 0.133. The maximum atomic E-state index is 12.6. The minimum Gasteiger partial charge on any atom is -0.342 e. The molecule has 2 heterocycles. The number of fused-ring (bicyclic) bond motifs is 1. The van der Waals surface area contributed by atoms with Gasteiger partial charge < -0.3 is 15.1 Å². The Labute approximate surface area is 144 Å². The summed E-state index contributed by atoms with van der Waals surface area (Å²) in [6.45, 7) is 3.14. The van der Waals surface area contributed by atoms with Crippen LogP contribution >= 0.6 is 0 Å². The summed E-state index contributed by atoms with van der Waals surface area (Å²) < 4.78 is 0. The van der Waals surface area contributed by atoms with Crippen molar-refractivity contribution in [2.24, 2.45) is 5.92 Å². The number of hydrogen-bond acceptors (Lipinski definition) is 3. The van der Waals surface area contributed by atoms with Crippen molar-refractivity contribution in [1.82, 2.24) is 10.2 Å². The van der Waals surface area contributed by atoms with E-state index in [-0.39, 0.29) is 11.8 Å². The Morgan fingerprint density at radius 1 is 1.29 bits per heavy atom. The quantitative estimate of drug-likeness (QED) is 0.896. The normalized spacial score (nSPS) is 20.9. The molecule has 0 radical (unpaired) electrons. The van der Waals surface area contributed by atoms with E-state index in [2.05, 4.69) is 11.4 Å². The predicted molar refractivity (Wildman–Crippen MR) is 95.0 cm³/mol. The molecule has 0 aromatic heterocycles. The maximum absolute atomic E-state index is 12.6. The SMILES string of the molecule is CNCC1CCCN(C(=O)CCN2C(=O)CCc3ccccc32)C1. The van der Waals surface area contributed by atoms with Gasteiger partial charge in [-0.25, -0.2) is 0 Å². The lowest BCUT2D eigenvalue weighted by Gasteiger charge is -2.34. The van der Waals surface area contributed by atoms with Crippen molar-refractivity contribution < 1.29 is 9.59 Å². The number of amides is 2. The highest BCUT2D eigenvalue weighted by molar-refractivity contribution is 5.97. The molecule has 1 atom stereocenters. The Kier molecular flexibility index (Phi) is 5.51. The molecular weight excluding hydrogens is 302 g/mol. The largest absolute Gasteiger partial charge is 0.342 e. The monoisotopic (exact) mass is 329 g/mol. The smallest absolute Gasteiger partial charge is 0.227 e. The van der Waals surface area contributed by atoms with Crippen molar-refractivity contribution >= 4 is 17.5 Å². The molecule has 0 saturated carbocycles. The highest BCUT2D eigenvalue weighted by Gasteiger charge is 2.27. The molecule has 2 aliphatic heterocycles. The number of aryl methyl sites for hydroxylation is 1. The van der Waals surface area contributed by atoms with Gasteiger partial charge in [-0.15, -0.1) is 0 Å². The summed E-state index contributed by atoms with van der Waals surface area (Å²) in [5, 5.41) is 3.21. The van der Waals surface area contributed by atoms with Crippen molar-refractivity contribution in [3.8, 4) is 0 Å². The fourth-order valence-corrected chi connectivity index (χ4v) is 3.85. The lowest BCUT2D eigenvalue weighted by Crippen LogP contribution is -2.44. The van der Waals surface area contributed by atoms with Crippen molar-refractivity contribution in [2.75, 3.05) is 38.1 Å². The second-order valence-corrected chi connectivity index (χ2v) is 6.83. The molecule has 1 fully saturated rings. The maximum Gasteiger partial charge on any atom is 0.227 e. The third-order valence-corrected chi connectivity index (χ3v) is 5.11. The van der Waals surface area contributed by atoms with Gasteiger partial charge in [0.2, 0.25) is 11.8 Å². The molecule has 2 aliphatic rings. The van der Waals surface area contributed by atoms with E-state index < -0.39 is 0 Å². The number of benzene rings is 1. The van der Waals surface area contributed by atoms with Crippen LogP contribution < -0.4 is 10.2 Å². The van der Waals surface area contributed by atoms with Gasteiger partial charge in [0.1, 0.15) is 0 Å². The molecule has 1 aromatic rings. The summed E-state index contributed by atoms with van der Waals surface area (Å²) in [5.41, 5.74) is 2.19. The molecule has 24 heavy (non-hydrogen) atoms. The first-order valence-electron chi connectivity index (χ1n) is 8.99. The zero-order valence-electron chi connectivity index (χ0n) is 14.5. The van der Waals surface area contributed by atoms with Crippen molar-refractivity contribution in [3.05, 3.63) is 29.8 Å². The van der Waals surface area contributed by atoms with Gasteiger partial charge in [0, 0.05) is 38.2 Å². The fraction of sp³-hybridized carbons (Fsp3) is 0.579. The van der Waals surface area contributed by atoms with E-state index in [0.29, 0.717) is 25.3 Å². The summed E-state index contributed by atoms with van der Waals surface area (Å²) in [4.78, 5) is 28.6. The molecule has 5 nitrogen and oxygen atoms in total. The second kappa shape index (κ2) is 7.79. The first-order chi connectivity index (χ1) is 11.7. The number of piperidine rings is 1.